The predicted octanol–water partition coefficient (Wildman–Crippen LogP) is 4.50. The maximum Gasteiger partial charge on any atom is 0.522 e. The maximum atomic E-state index is 13.9. The van der Waals surface area contributed by atoms with Gasteiger partial charge in [-0.3, -0.25) is 9.53 Å². The first-order valence-electron chi connectivity index (χ1n) is 10.7. The number of alkyl halides is 6. The van der Waals surface area contributed by atoms with E-state index < -0.39 is 49.4 Å². The molecule has 2 aromatic heterocycles. The number of pyridine rings is 1. The third kappa shape index (κ3) is 5.16. The smallest absolute Gasteiger partial charge is 0.474 e. The molecule has 0 radical (unpaired) electrons. The van der Waals surface area contributed by atoms with E-state index in [9.17, 15) is 35.9 Å². The van der Waals surface area contributed by atoms with Crippen LogP contribution in [0.3, 0.4) is 0 Å². The van der Waals surface area contributed by atoms with Crippen molar-refractivity contribution in [3.63, 3.8) is 0 Å². The van der Waals surface area contributed by atoms with E-state index >= 15 is 0 Å². The summed E-state index contributed by atoms with van der Waals surface area (Å²) in [5, 5.41) is 3.71. The Labute approximate surface area is 204 Å². The van der Waals surface area contributed by atoms with Gasteiger partial charge < -0.3 is 19.7 Å². The average Bonchev–Trinajstić information content (AvgIpc) is 3.12. The molecule has 1 spiro atoms. The van der Waals surface area contributed by atoms with Gasteiger partial charge in [-0.2, -0.15) is 13.2 Å². The first kappa shape index (κ1) is 26.3. The van der Waals surface area contributed by atoms with Crippen molar-refractivity contribution in [2.24, 2.45) is 5.41 Å². The van der Waals surface area contributed by atoms with Crippen LogP contribution in [0.25, 0.3) is 10.2 Å². The minimum absolute atomic E-state index is 0.0201. The third-order valence-electron chi connectivity index (χ3n) is 6.14. The number of amides is 2. The molecule has 4 rings (SSSR count). The normalized spacial score (nSPS) is 17.6. The molecule has 2 aromatic rings. The molecule has 8 nitrogen and oxygen atoms in total. The van der Waals surface area contributed by atoms with Gasteiger partial charge in [0.05, 0.1) is 28.0 Å². The molecule has 36 heavy (non-hydrogen) atoms. The largest absolute Gasteiger partial charge is 0.522 e. The molecule has 0 unspecified atom stereocenters. The Hall–Kier alpha value is -2.81. The lowest BCUT2D eigenvalue weighted by molar-refractivity contribution is -0.326. The zero-order valence-corrected chi connectivity index (χ0v) is 19.8. The molecule has 3 heterocycles. The quantitative estimate of drug-likeness (QED) is 0.428. The summed E-state index contributed by atoms with van der Waals surface area (Å²) in [4.78, 5) is 29.6. The van der Waals surface area contributed by atoms with Crippen LogP contribution in [0.1, 0.15) is 34.3 Å². The van der Waals surface area contributed by atoms with Crippen LogP contribution in [0, 0.1) is 12.3 Å². The Morgan fingerprint density at radius 2 is 1.86 bits per heavy atom. The molecule has 15 heteroatoms. The number of nitrogens with zero attached hydrogens (tertiary/aromatic N) is 2. The standard InChI is InChI=1S/C21H21F6N3O5S/c1-10-13(20(22,23)24)15-14(12(7-36-15)16(31)28-2)29-17(10)35-11-5-19(6-11)8-30(9-19)18(32)33-3-4-34-21(25,26)27/h7,11H,3-6,8-9H2,1-2H3,(H,28,31). The number of ether oxygens (including phenoxy) is 3. The number of fused-ring (bicyclic) bond motifs is 1. The molecule has 1 saturated heterocycles. The number of halogens is 6. The Morgan fingerprint density at radius 3 is 2.44 bits per heavy atom. The molecule has 2 aliphatic rings. The summed E-state index contributed by atoms with van der Waals surface area (Å²) in [7, 11) is 1.37. The van der Waals surface area contributed by atoms with E-state index in [1.807, 2.05) is 0 Å². The van der Waals surface area contributed by atoms with Crippen LogP contribution in [-0.4, -0.2) is 67.7 Å². The summed E-state index contributed by atoms with van der Waals surface area (Å²) in [5.41, 5.74) is -1.45. The van der Waals surface area contributed by atoms with Gasteiger partial charge >= 0.3 is 18.6 Å². The van der Waals surface area contributed by atoms with Gasteiger partial charge in [0.1, 0.15) is 12.7 Å². The first-order chi connectivity index (χ1) is 16.7. The lowest BCUT2D eigenvalue weighted by atomic mass is 9.62. The Bertz CT molecular complexity index is 1170. The van der Waals surface area contributed by atoms with Crippen molar-refractivity contribution < 1.29 is 50.1 Å². The van der Waals surface area contributed by atoms with Crippen LogP contribution in [0.4, 0.5) is 31.1 Å². The fourth-order valence-corrected chi connectivity index (χ4v) is 5.64. The fourth-order valence-electron chi connectivity index (χ4n) is 4.53. The molecule has 1 aliphatic heterocycles. The number of hydrogen-bond donors (Lipinski definition) is 1. The minimum Gasteiger partial charge on any atom is -0.474 e. The number of carbonyl (C=O) groups excluding carboxylic acids is 2. The van der Waals surface area contributed by atoms with Crippen LogP contribution in [0.15, 0.2) is 5.38 Å². The van der Waals surface area contributed by atoms with Gasteiger partial charge in [-0.25, -0.2) is 9.78 Å². The number of aromatic nitrogens is 1. The molecular weight excluding hydrogens is 520 g/mol. The zero-order valence-electron chi connectivity index (χ0n) is 19.0. The molecule has 0 aromatic carbocycles. The highest BCUT2D eigenvalue weighted by Gasteiger charge is 2.55. The van der Waals surface area contributed by atoms with Gasteiger partial charge in [-0.1, -0.05) is 0 Å². The van der Waals surface area contributed by atoms with Crippen LogP contribution in [-0.2, 0) is 15.7 Å². The molecular formula is C21H21F6N3O5S. The predicted molar refractivity (Wildman–Crippen MR) is 114 cm³/mol. The van der Waals surface area contributed by atoms with Gasteiger partial charge in [0.2, 0.25) is 5.88 Å². The van der Waals surface area contributed by atoms with E-state index in [1.165, 1.54) is 24.3 Å². The molecule has 2 fully saturated rings. The second kappa shape index (κ2) is 9.25. The number of thiophene rings is 1. The van der Waals surface area contributed by atoms with Crippen LogP contribution in [0.2, 0.25) is 0 Å². The van der Waals surface area contributed by atoms with Crippen LogP contribution < -0.4 is 10.1 Å². The van der Waals surface area contributed by atoms with E-state index in [1.54, 1.807) is 0 Å². The summed E-state index contributed by atoms with van der Waals surface area (Å²) in [5.74, 6) is -0.774. The molecule has 1 aliphatic carbocycles. The average molecular weight is 541 g/mol. The van der Waals surface area contributed by atoms with Crippen LogP contribution >= 0.6 is 11.3 Å². The molecule has 1 saturated carbocycles. The summed E-state index contributed by atoms with van der Waals surface area (Å²) in [6.45, 7) is 0.477. The maximum absolute atomic E-state index is 13.9. The summed E-state index contributed by atoms with van der Waals surface area (Å²) in [6, 6.07) is 0. The highest BCUT2D eigenvalue weighted by molar-refractivity contribution is 7.17. The number of hydrogen-bond acceptors (Lipinski definition) is 7. The molecule has 1 N–H and O–H groups in total. The van der Waals surface area contributed by atoms with Gasteiger partial charge in [-0.15, -0.1) is 24.5 Å². The minimum atomic E-state index is -4.81. The van der Waals surface area contributed by atoms with Crippen molar-refractivity contribution in [1.29, 1.82) is 0 Å². The highest BCUT2D eigenvalue weighted by Crippen LogP contribution is 2.51. The number of rotatable bonds is 6. The highest BCUT2D eigenvalue weighted by atomic mass is 32.1. The van der Waals surface area contributed by atoms with E-state index in [-0.39, 0.29) is 45.7 Å². The number of carbonyl (C=O) groups is 2. The van der Waals surface area contributed by atoms with Crippen molar-refractivity contribution >= 4 is 33.6 Å². The second-order valence-corrected chi connectivity index (χ2v) is 9.61. The zero-order chi connectivity index (χ0) is 26.5. The molecule has 0 atom stereocenters. The lowest BCUT2D eigenvalue weighted by Gasteiger charge is -2.57. The van der Waals surface area contributed by atoms with Crippen LogP contribution in [0.5, 0.6) is 5.88 Å². The third-order valence-corrected chi connectivity index (χ3v) is 7.13. The molecule has 0 bridgehead atoms. The van der Waals surface area contributed by atoms with Crippen molar-refractivity contribution in [3.8, 4) is 5.88 Å². The summed E-state index contributed by atoms with van der Waals surface area (Å²) >= 11 is 0.784. The Morgan fingerprint density at radius 1 is 1.19 bits per heavy atom. The van der Waals surface area contributed by atoms with Crippen molar-refractivity contribution in [2.45, 2.75) is 38.4 Å². The summed E-state index contributed by atoms with van der Waals surface area (Å²) < 4.78 is 91.4. The second-order valence-electron chi connectivity index (χ2n) is 8.73. The van der Waals surface area contributed by atoms with Crippen molar-refractivity contribution in [2.75, 3.05) is 33.4 Å². The monoisotopic (exact) mass is 541 g/mol. The number of likely N-dealkylation sites (tertiary alicyclic amines) is 1. The summed E-state index contributed by atoms with van der Waals surface area (Å²) in [6.07, 6.45) is -9.82. The van der Waals surface area contributed by atoms with Gasteiger partial charge in [0.25, 0.3) is 5.91 Å². The van der Waals surface area contributed by atoms with E-state index in [0.717, 1.165) is 11.3 Å². The number of nitrogens with one attached hydrogen (secondary N) is 1. The van der Waals surface area contributed by atoms with Crippen molar-refractivity contribution in [3.05, 3.63) is 22.1 Å². The molecule has 198 valence electrons. The van der Waals surface area contributed by atoms with E-state index in [0.29, 0.717) is 12.8 Å². The lowest BCUT2D eigenvalue weighted by Crippen LogP contribution is -2.66. The molecule has 2 amide bonds. The SMILES string of the molecule is CNC(=O)c1csc2c(C(F)(F)F)c(C)c(OC3CC4(C3)CN(C(=O)OCCOC(F)(F)F)C4)nc12. The topological polar surface area (TPSA) is 90.0 Å². The van der Waals surface area contributed by atoms with E-state index in [4.69, 9.17) is 9.47 Å². The first-order valence-corrected chi connectivity index (χ1v) is 11.6. The van der Waals surface area contributed by atoms with Gasteiger partial charge in [0, 0.05) is 36.5 Å². The Balaban J connectivity index is 1.38. The fraction of sp³-hybridized carbons (Fsp3) is 0.571. The Kier molecular flexibility index (Phi) is 6.75. The van der Waals surface area contributed by atoms with E-state index in [2.05, 4.69) is 15.0 Å². The van der Waals surface area contributed by atoms with Gasteiger partial charge in [-0.05, 0) is 19.8 Å². The van der Waals surface area contributed by atoms with Gasteiger partial charge in [0.15, 0.2) is 0 Å². The van der Waals surface area contributed by atoms with Crippen molar-refractivity contribution in [1.82, 2.24) is 15.2 Å².